The molecule has 0 spiro atoms. The first-order chi connectivity index (χ1) is 19.3. The predicted molar refractivity (Wildman–Crippen MR) is 147 cm³/mol. The van der Waals surface area contributed by atoms with Gasteiger partial charge in [-0.2, -0.15) is 5.21 Å². The van der Waals surface area contributed by atoms with Crippen molar-refractivity contribution >= 4 is 30.0 Å². The Morgan fingerprint density at radius 1 is 1.15 bits per heavy atom. The summed E-state index contributed by atoms with van der Waals surface area (Å²) in [6.07, 6.45) is 7.18. The molecule has 1 aromatic heterocycles. The summed E-state index contributed by atoms with van der Waals surface area (Å²) in [5.74, 6) is -0.267. The van der Waals surface area contributed by atoms with E-state index in [4.69, 9.17) is 11.1 Å². The van der Waals surface area contributed by atoms with Crippen LogP contribution in [0, 0.1) is 17.2 Å². The molecule has 2 aliphatic heterocycles. The Kier molecular flexibility index (Phi) is 11.8. The number of nitrogens with two attached hydrogens (primary N) is 1. The highest BCUT2D eigenvalue weighted by Crippen LogP contribution is 2.23. The molecule has 2 fully saturated rings. The van der Waals surface area contributed by atoms with Gasteiger partial charge in [0.2, 0.25) is 5.91 Å². The number of nitrogens with one attached hydrogen (secondary N) is 4. The number of urea groups is 1. The molecule has 14 heteroatoms. The lowest BCUT2D eigenvalue weighted by Gasteiger charge is -2.34. The summed E-state index contributed by atoms with van der Waals surface area (Å²) in [4.78, 5) is 55.4. The fourth-order valence-corrected chi connectivity index (χ4v) is 5.83. The molecule has 0 radical (unpaired) electrons. The van der Waals surface area contributed by atoms with Crippen molar-refractivity contribution in [2.24, 2.45) is 17.6 Å². The average Bonchev–Trinajstić information content (AvgIpc) is 3.64. The van der Waals surface area contributed by atoms with Crippen LogP contribution in [0.2, 0.25) is 0 Å². The van der Waals surface area contributed by atoms with Crippen LogP contribution in [0.15, 0.2) is 0 Å². The van der Waals surface area contributed by atoms with Crippen LogP contribution >= 0.6 is 0 Å². The second-order valence-corrected chi connectivity index (χ2v) is 10.9. The van der Waals surface area contributed by atoms with Crippen LogP contribution in [-0.2, 0) is 20.8 Å². The molecule has 0 aliphatic carbocycles. The molecule has 0 aromatic carbocycles. The predicted octanol–water partition coefficient (Wildman–Crippen LogP) is 0.750. The lowest BCUT2D eigenvalue weighted by Crippen LogP contribution is -2.55. The Hall–Kier alpha value is -3.58. The molecule has 3 amide bonds. The van der Waals surface area contributed by atoms with Crippen LogP contribution in [0.4, 0.5) is 4.79 Å². The number of Topliss-reactive ketones (excluding diaryl/α,β-unsaturated/α-hetero) is 1. The number of guanidine groups is 1. The number of carbonyl (C=O) groups excluding carboxylic acids is 4. The summed E-state index contributed by atoms with van der Waals surface area (Å²) < 4.78 is 0. The van der Waals surface area contributed by atoms with Gasteiger partial charge >= 0.3 is 6.03 Å². The van der Waals surface area contributed by atoms with E-state index in [1.807, 2.05) is 13.8 Å². The van der Waals surface area contributed by atoms with Crippen LogP contribution < -0.4 is 16.4 Å². The molecular formula is C26H44N10O4. The lowest BCUT2D eigenvalue weighted by atomic mass is 9.92. The number of aromatic nitrogens is 4. The standard InChI is InChI=1S/C26H44N10O4/c1-3-7-18(8-4-2)24(39)30-20(14-22-31-33-34-32-22)23(38)21-10-6-12-36(21)26(40)29-19(16-37)13-17-9-5-11-35(15-17)25(27)28/h16-21H,3-15H2,1-2H3,(H3,27,28)(H,29,40)(H,30,39)(H,31,32,33,34)/t17?,19-,20-,21-/m0/s1. The second kappa shape index (κ2) is 15.3. The van der Waals surface area contributed by atoms with E-state index >= 15 is 0 Å². The number of hydrogen-bond donors (Lipinski definition) is 5. The van der Waals surface area contributed by atoms with Crippen molar-refractivity contribution in [1.82, 2.24) is 41.1 Å². The van der Waals surface area contributed by atoms with Crippen molar-refractivity contribution in [1.29, 1.82) is 5.41 Å². The van der Waals surface area contributed by atoms with Gasteiger partial charge in [-0.3, -0.25) is 15.0 Å². The van der Waals surface area contributed by atoms with E-state index in [1.54, 1.807) is 4.90 Å². The van der Waals surface area contributed by atoms with Crippen LogP contribution in [0.1, 0.15) is 77.5 Å². The quantitative estimate of drug-likeness (QED) is 0.124. The fraction of sp³-hybridized carbons (Fsp3) is 0.769. The average molecular weight is 561 g/mol. The molecule has 14 nitrogen and oxygen atoms in total. The smallest absolute Gasteiger partial charge is 0.318 e. The number of aldehydes is 1. The highest BCUT2D eigenvalue weighted by Gasteiger charge is 2.39. The van der Waals surface area contributed by atoms with Crippen LogP contribution in [0.3, 0.4) is 0 Å². The zero-order valence-corrected chi connectivity index (χ0v) is 23.6. The van der Waals surface area contributed by atoms with Crippen molar-refractivity contribution < 1.29 is 19.2 Å². The van der Waals surface area contributed by atoms with Gasteiger partial charge in [0, 0.05) is 32.0 Å². The molecule has 3 rings (SSSR count). The topological polar surface area (TPSA) is 203 Å². The van der Waals surface area contributed by atoms with E-state index < -0.39 is 24.2 Å². The first-order valence-electron chi connectivity index (χ1n) is 14.4. The zero-order valence-electron chi connectivity index (χ0n) is 23.6. The number of ketones is 1. The molecule has 0 bridgehead atoms. The summed E-state index contributed by atoms with van der Waals surface area (Å²) in [5, 5.41) is 27.3. The third-order valence-electron chi connectivity index (χ3n) is 7.84. The normalized spacial score (nSPS) is 20.7. The van der Waals surface area contributed by atoms with Gasteiger partial charge in [-0.1, -0.05) is 31.9 Å². The van der Waals surface area contributed by atoms with Gasteiger partial charge in [0.05, 0.1) is 18.1 Å². The van der Waals surface area contributed by atoms with Crippen molar-refractivity contribution in [3.05, 3.63) is 5.82 Å². The number of carbonyl (C=O) groups is 4. The number of tetrazole rings is 1. The van der Waals surface area contributed by atoms with Gasteiger partial charge in [0.1, 0.15) is 6.29 Å². The van der Waals surface area contributed by atoms with Crippen molar-refractivity contribution in [3.63, 3.8) is 0 Å². The van der Waals surface area contributed by atoms with Crippen molar-refractivity contribution in [3.8, 4) is 0 Å². The Balaban J connectivity index is 1.68. The Bertz CT molecular complexity index is 998. The largest absolute Gasteiger partial charge is 0.370 e. The van der Waals surface area contributed by atoms with E-state index in [0.717, 1.165) is 44.8 Å². The Morgan fingerprint density at radius 3 is 2.50 bits per heavy atom. The fourth-order valence-electron chi connectivity index (χ4n) is 5.83. The number of amides is 3. The number of likely N-dealkylation sites (tertiary alicyclic amines) is 2. The highest BCUT2D eigenvalue weighted by atomic mass is 16.2. The maximum Gasteiger partial charge on any atom is 0.318 e. The minimum atomic E-state index is -0.915. The molecule has 1 unspecified atom stereocenters. The molecule has 3 heterocycles. The lowest BCUT2D eigenvalue weighted by molar-refractivity contribution is -0.132. The van der Waals surface area contributed by atoms with E-state index in [-0.39, 0.29) is 35.9 Å². The second-order valence-electron chi connectivity index (χ2n) is 10.9. The van der Waals surface area contributed by atoms with Crippen LogP contribution in [0.25, 0.3) is 0 Å². The first-order valence-corrected chi connectivity index (χ1v) is 14.4. The minimum absolute atomic E-state index is 0.00739. The van der Waals surface area contributed by atoms with E-state index in [1.165, 1.54) is 4.90 Å². The zero-order chi connectivity index (χ0) is 29.1. The molecule has 1 aromatic rings. The number of rotatable bonds is 14. The third kappa shape index (κ3) is 8.46. The molecule has 2 saturated heterocycles. The summed E-state index contributed by atoms with van der Waals surface area (Å²) in [6.45, 7) is 5.68. The number of piperidine rings is 1. The molecule has 2 aliphatic rings. The molecule has 4 atom stereocenters. The Morgan fingerprint density at radius 2 is 1.88 bits per heavy atom. The SMILES string of the molecule is CCCC(CCC)C(=O)N[C@@H](Cc1nn[nH]n1)C(=O)[C@@H]1CCCN1C(=O)N[C@H](C=O)CC1CCCN(C(=N)N)C1. The van der Waals surface area contributed by atoms with E-state index in [2.05, 4.69) is 31.3 Å². The molecule has 222 valence electrons. The van der Waals surface area contributed by atoms with Gasteiger partial charge in [0.15, 0.2) is 17.6 Å². The van der Waals surface area contributed by atoms with Gasteiger partial charge in [-0.05, 0) is 50.9 Å². The van der Waals surface area contributed by atoms with Gasteiger partial charge in [0.25, 0.3) is 0 Å². The maximum absolute atomic E-state index is 13.8. The van der Waals surface area contributed by atoms with Crippen LogP contribution in [0.5, 0.6) is 0 Å². The molecule has 40 heavy (non-hydrogen) atoms. The first kappa shape index (κ1) is 31.0. The minimum Gasteiger partial charge on any atom is -0.370 e. The molecule has 6 N–H and O–H groups in total. The maximum atomic E-state index is 13.8. The van der Waals surface area contributed by atoms with E-state index in [9.17, 15) is 19.2 Å². The summed E-state index contributed by atoms with van der Waals surface area (Å²) >= 11 is 0. The third-order valence-corrected chi connectivity index (χ3v) is 7.84. The van der Waals surface area contributed by atoms with Crippen molar-refractivity contribution in [2.45, 2.75) is 96.2 Å². The van der Waals surface area contributed by atoms with Crippen LogP contribution in [-0.4, -0.2) is 98.2 Å². The molecule has 0 saturated carbocycles. The highest BCUT2D eigenvalue weighted by molar-refractivity contribution is 5.96. The monoisotopic (exact) mass is 560 g/mol. The number of nitrogens with zero attached hydrogens (tertiary/aromatic N) is 5. The number of aromatic amines is 1. The van der Waals surface area contributed by atoms with Gasteiger partial charge in [-0.15, -0.1) is 10.2 Å². The summed E-state index contributed by atoms with van der Waals surface area (Å²) in [7, 11) is 0. The van der Waals surface area contributed by atoms with E-state index in [0.29, 0.717) is 44.7 Å². The van der Waals surface area contributed by atoms with Gasteiger partial charge < -0.3 is 31.0 Å². The Labute approximate surface area is 235 Å². The van der Waals surface area contributed by atoms with Crippen molar-refractivity contribution in [2.75, 3.05) is 19.6 Å². The summed E-state index contributed by atoms with van der Waals surface area (Å²) in [5.41, 5.74) is 5.64. The summed E-state index contributed by atoms with van der Waals surface area (Å²) in [6, 6.07) is -2.87. The molecular weight excluding hydrogens is 516 g/mol. The number of hydrogen-bond acceptors (Lipinski definition) is 8. The number of H-pyrrole nitrogens is 1. The van der Waals surface area contributed by atoms with Gasteiger partial charge in [-0.25, -0.2) is 4.79 Å².